The quantitative estimate of drug-likeness (QED) is 0.472. The predicted molar refractivity (Wildman–Crippen MR) is 122 cm³/mol. The monoisotopic (exact) mass is 468 g/mol. The summed E-state index contributed by atoms with van der Waals surface area (Å²) >= 11 is 0. The minimum atomic E-state index is -4.35. The number of halogens is 3. The van der Waals surface area contributed by atoms with Crippen LogP contribution in [0, 0.1) is 0 Å². The van der Waals surface area contributed by atoms with E-state index in [1.54, 1.807) is 12.4 Å². The van der Waals surface area contributed by atoms with Crippen molar-refractivity contribution < 1.29 is 17.9 Å². The highest BCUT2D eigenvalue weighted by atomic mass is 19.4. The SMILES string of the molecule is FC(F)(F)c1ccc(-c2ncc3c(n2)CCN(Cc2cccnc2OC2CCCCC2)C3)cc1. The summed E-state index contributed by atoms with van der Waals surface area (Å²) in [4.78, 5) is 15.9. The highest BCUT2D eigenvalue weighted by Gasteiger charge is 2.30. The molecule has 1 fully saturated rings. The number of aromatic nitrogens is 3. The molecule has 1 aliphatic heterocycles. The molecule has 34 heavy (non-hydrogen) atoms. The summed E-state index contributed by atoms with van der Waals surface area (Å²) < 4.78 is 44.8. The Bertz CT molecular complexity index is 1130. The zero-order valence-electron chi connectivity index (χ0n) is 18.9. The maximum atomic E-state index is 12.8. The van der Waals surface area contributed by atoms with E-state index in [0.29, 0.717) is 17.9 Å². The molecule has 0 unspecified atom stereocenters. The van der Waals surface area contributed by atoms with Crippen LogP contribution >= 0.6 is 0 Å². The number of pyridine rings is 1. The molecule has 2 aromatic heterocycles. The molecule has 2 aliphatic rings. The molecule has 5 nitrogen and oxygen atoms in total. The molecule has 0 spiro atoms. The maximum absolute atomic E-state index is 12.8. The fraction of sp³-hybridized carbons (Fsp3) is 0.423. The van der Waals surface area contributed by atoms with Gasteiger partial charge in [-0.1, -0.05) is 24.6 Å². The van der Waals surface area contributed by atoms with Crippen LogP contribution in [-0.4, -0.2) is 32.5 Å². The second-order valence-electron chi connectivity index (χ2n) is 9.05. The van der Waals surface area contributed by atoms with Crippen molar-refractivity contribution in [3.05, 3.63) is 71.2 Å². The Morgan fingerprint density at radius 2 is 1.79 bits per heavy atom. The summed E-state index contributed by atoms with van der Waals surface area (Å²) in [6.07, 6.45) is 6.12. The van der Waals surface area contributed by atoms with Crippen LogP contribution in [0.1, 0.15) is 54.5 Å². The number of alkyl halides is 3. The third kappa shape index (κ3) is 5.22. The number of ether oxygens (including phenoxy) is 1. The van der Waals surface area contributed by atoms with E-state index in [-0.39, 0.29) is 6.10 Å². The van der Waals surface area contributed by atoms with E-state index < -0.39 is 11.7 Å². The molecule has 1 aromatic carbocycles. The molecule has 8 heteroatoms. The van der Waals surface area contributed by atoms with E-state index >= 15 is 0 Å². The highest BCUT2D eigenvalue weighted by Crippen LogP contribution is 2.31. The van der Waals surface area contributed by atoms with Gasteiger partial charge in [-0.05, 0) is 43.9 Å². The number of hydrogen-bond donors (Lipinski definition) is 0. The lowest BCUT2D eigenvalue weighted by Crippen LogP contribution is -2.31. The van der Waals surface area contributed by atoms with Crippen LogP contribution < -0.4 is 4.74 Å². The van der Waals surface area contributed by atoms with E-state index in [2.05, 4.69) is 25.9 Å². The van der Waals surface area contributed by atoms with Gasteiger partial charge in [-0.15, -0.1) is 0 Å². The first-order valence-electron chi connectivity index (χ1n) is 11.8. The molecule has 0 N–H and O–H groups in total. The smallest absolute Gasteiger partial charge is 0.416 e. The molecule has 0 bridgehead atoms. The van der Waals surface area contributed by atoms with E-state index in [9.17, 15) is 13.2 Å². The molecule has 0 radical (unpaired) electrons. The summed E-state index contributed by atoms with van der Waals surface area (Å²) in [6, 6.07) is 9.01. The van der Waals surface area contributed by atoms with Gasteiger partial charge in [0.05, 0.1) is 11.3 Å². The van der Waals surface area contributed by atoms with Crippen LogP contribution in [0.2, 0.25) is 0 Å². The number of rotatable bonds is 5. The Hall–Kier alpha value is -3.00. The van der Waals surface area contributed by atoms with Crippen LogP contribution in [0.5, 0.6) is 5.88 Å². The first-order chi connectivity index (χ1) is 16.5. The molecular weight excluding hydrogens is 441 g/mol. The van der Waals surface area contributed by atoms with Crippen molar-refractivity contribution in [2.75, 3.05) is 6.54 Å². The van der Waals surface area contributed by atoms with Crippen LogP contribution in [0.4, 0.5) is 13.2 Å². The van der Waals surface area contributed by atoms with Gasteiger partial charge in [0, 0.05) is 55.1 Å². The predicted octanol–water partition coefficient (Wildman–Crippen LogP) is 5.83. The van der Waals surface area contributed by atoms with Gasteiger partial charge in [0.15, 0.2) is 5.82 Å². The molecule has 0 saturated heterocycles. The van der Waals surface area contributed by atoms with E-state index in [1.165, 1.54) is 31.4 Å². The first kappa shape index (κ1) is 22.8. The number of benzene rings is 1. The fourth-order valence-corrected chi connectivity index (χ4v) is 4.69. The van der Waals surface area contributed by atoms with Crippen LogP contribution in [0.25, 0.3) is 11.4 Å². The number of fused-ring (bicyclic) bond motifs is 1. The standard InChI is InChI=1S/C26H27F3N4O/c27-26(28,29)21-10-8-18(9-11-21)24-31-15-20-17-33(14-12-23(20)32-24)16-19-5-4-13-30-25(19)34-22-6-2-1-3-7-22/h4-5,8-11,13,15,22H,1-3,6-7,12,14,16-17H2. The summed E-state index contributed by atoms with van der Waals surface area (Å²) in [7, 11) is 0. The zero-order valence-corrected chi connectivity index (χ0v) is 18.9. The summed E-state index contributed by atoms with van der Waals surface area (Å²) in [5, 5.41) is 0. The molecule has 3 aromatic rings. The first-order valence-corrected chi connectivity index (χ1v) is 11.8. The molecule has 0 atom stereocenters. The lowest BCUT2D eigenvalue weighted by molar-refractivity contribution is -0.137. The normalized spacial score (nSPS) is 17.4. The molecule has 3 heterocycles. The summed E-state index contributed by atoms with van der Waals surface area (Å²) in [6.45, 7) is 2.27. The highest BCUT2D eigenvalue weighted by molar-refractivity contribution is 5.56. The van der Waals surface area contributed by atoms with Gasteiger partial charge in [0.2, 0.25) is 5.88 Å². The third-order valence-corrected chi connectivity index (χ3v) is 6.56. The molecular formula is C26H27F3N4O. The van der Waals surface area contributed by atoms with Gasteiger partial charge in [0.25, 0.3) is 0 Å². The van der Waals surface area contributed by atoms with Crippen molar-refractivity contribution in [2.24, 2.45) is 0 Å². The van der Waals surface area contributed by atoms with E-state index in [1.807, 2.05) is 6.07 Å². The summed E-state index contributed by atoms with van der Waals surface area (Å²) in [5.74, 6) is 1.19. The topological polar surface area (TPSA) is 51.1 Å². The Labute approximate surface area is 197 Å². The van der Waals surface area contributed by atoms with Crippen LogP contribution in [-0.2, 0) is 25.7 Å². The molecule has 178 valence electrons. The van der Waals surface area contributed by atoms with Crippen LogP contribution in [0.3, 0.4) is 0 Å². The Morgan fingerprint density at radius 1 is 1.00 bits per heavy atom. The second-order valence-corrected chi connectivity index (χ2v) is 9.05. The molecule has 0 amide bonds. The Balaban J connectivity index is 1.26. The molecule has 1 aliphatic carbocycles. The van der Waals surface area contributed by atoms with Gasteiger partial charge in [-0.2, -0.15) is 13.2 Å². The second kappa shape index (κ2) is 9.70. The van der Waals surface area contributed by atoms with Crippen molar-refractivity contribution in [3.63, 3.8) is 0 Å². The minimum Gasteiger partial charge on any atom is -0.474 e. The zero-order chi connectivity index (χ0) is 23.5. The fourth-order valence-electron chi connectivity index (χ4n) is 4.69. The lowest BCUT2D eigenvalue weighted by atomic mass is 9.98. The Kier molecular flexibility index (Phi) is 6.50. The van der Waals surface area contributed by atoms with E-state index in [4.69, 9.17) is 4.74 Å². The van der Waals surface area contributed by atoms with Crippen molar-refractivity contribution in [1.82, 2.24) is 19.9 Å². The van der Waals surface area contributed by atoms with Crippen molar-refractivity contribution in [2.45, 2.75) is 63.9 Å². The van der Waals surface area contributed by atoms with Gasteiger partial charge in [-0.3, -0.25) is 4.90 Å². The van der Waals surface area contributed by atoms with Gasteiger partial charge < -0.3 is 4.74 Å². The number of nitrogens with zero attached hydrogens (tertiary/aromatic N) is 4. The summed E-state index contributed by atoms with van der Waals surface area (Å²) in [5.41, 5.74) is 2.98. The molecule has 1 saturated carbocycles. The Morgan fingerprint density at radius 3 is 2.56 bits per heavy atom. The van der Waals surface area contributed by atoms with Crippen molar-refractivity contribution in [1.29, 1.82) is 0 Å². The van der Waals surface area contributed by atoms with E-state index in [0.717, 1.165) is 67.2 Å². The largest absolute Gasteiger partial charge is 0.474 e. The third-order valence-electron chi connectivity index (χ3n) is 6.56. The molecule has 5 rings (SSSR count). The minimum absolute atomic E-state index is 0.251. The van der Waals surface area contributed by atoms with Crippen molar-refractivity contribution in [3.8, 4) is 17.3 Å². The average Bonchev–Trinajstić information content (AvgIpc) is 2.85. The number of hydrogen-bond acceptors (Lipinski definition) is 5. The van der Waals surface area contributed by atoms with Gasteiger partial charge in [-0.25, -0.2) is 15.0 Å². The van der Waals surface area contributed by atoms with Crippen molar-refractivity contribution >= 4 is 0 Å². The maximum Gasteiger partial charge on any atom is 0.416 e. The van der Waals surface area contributed by atoms with Crippen LogP contribution in [0.15, 0.2) is 48.8 Å². The lowest BCUT2D eigenvalue weighted by Gasteiger charge is -2.29. The van der Waals surface area contributed by atoms with Gasteiger partial charge >= 0.3 is 6.18 Å². The average molecular weight is 469 g/mol. The van der Waals surface area contributed by atoms with Gasteiger partial charge in [0.1, 0.15) is 6.10 Å².